The van der Waals surface area contributed by atoms with Crippen molar-refractivity contribution in [2.75, 3.05) is 37.7 Å². The number of fused-ring (bicyclic) bond motifs is 1. The van der Waals surface area contributed by atoms with E-state index in [4.69, 9.17) is 16.3 Å². The normalized spacial score (nSPS) is 14.8. The highest BCUT2D eigenvalue weighted by Crippen LogP contribution is 2.31. The lowest BCUT2D eigenvalue weighted by molar-refractivity contribution is 0.199. The smallest absolute Gasteiger partial charge is 0.253 e. The fourth-order valence-electron chi connectivity index (χ4n) is 5.75. The standard InChI is InChI=1S/C32H34ClN7O2/c1-3-42-26-11-12-28-24(19-26)20-27(32(41)34-28)30(31-35-36-37-40(31)14-13-23-7-5-4-6-8-23)39-17-15-38(16-18-39)29-21-25(33)10-9-22(29)2/h4-12,19-21,30H,3,13-18H2,1-2H3,(H,34,41). The van der Waals surface area contributed by atoms with Crippen molar-refractivity contribution in [3.8, 4) is 5.75 Å². The van der Waals surface area contributed by atoms with Gasteiger partial charge in [-0.1, -0.05) is 48.0 Å². The third kappa shape index (κ3) is 5.89. The van der Waals surface area contributed by atoms with E-state index in [1.54, 1.807) is 0 Å². The van der Waals surface area contributed by atoms with Gasteiger partial charge in [0.25, 0.3) is 5.56 Å². The number of benzene rings is 3. The summed E-state index contributed by atoms with van der Waals surface area (Å²) >= 11 is 6.34. The first kappa shape index (κ1) is 27.9. The Kier molecular flexibility index (Phi) is 8.21. The van der Waals surface area contributed by atoms with Gasteiger partial charge >= 0.3 is 0 Å². The van der Waals surface area contributed by atoms with Crippen molar-refractivity contribution < 1.29 is 4.74 Å². The fraction of sp³-hybridized carbons (Fsp3) is 0.312. The Labute approximate surface area is 249 Å². The Morgan fingerprint density at radius 1 is 1.00 bits per heavy atom. The van der Waals surface area contributed by atoms with Crippen molar-refractivity contribution in [1.29, 1.82) is 0 Å². The van der Waals surface area contributed by atoms with E-state index in [2.05, 4.69) is 55.4 Å². The Bertz CT molecular complexity index is 1730. The van der Waals surface area contributed by atoms with Gasteiger partial charge in [0.1, 0.15) is 11.8 Å². The number of ether oxygens (including phenoxy) is 1. The van der Waals surface area contributed by atoms with Gasteiger partial charge in [-0.05, 0) is 78.2 Å². The number of tetrazole rings is 1. The molecular weight excluding hydrogens is 550 g/mol. The second-order valence-electron chi connectivity index (χ2n) is 10.6. The monoisotopic (exact) mass is 583 g/mol. The van der Waals surface area contributed by atoms with E-state index in [9.17, 15) is 4.79 Å². The molecule has 0 radical (unpaired) electrons. The SMILES string of the molecule is CCOc1ccc2[nH]c(=O)c(C(c3nnnn3CCc3ccccc3)N3CCN(c4cc(Cl)ccc4C)CC3)cc2c1. The number of rotatable bonds is 9. The van der Waals surface area contributed by atoms with Crippen LogP contribution < -0.4 is 15.2 Å². The van der Waals surface area contributed by atoms with Crippen LogP contribution in [0.15, 0.2) is 77.6 Å². The van der Waals surface area contributed by atoms with Crippen molar-refractivity contribution >= 4 is 28.2 Å². The Morgan fingerprint density at radius 2 is 1.81 bits per heavy atom. The van der Waals surface area contributed by atoms with E-state index in [1.807, 2.05) is 66.2 Å². The minimum absolute atomic E-state index is 0.151. The molecular formula is C32H34ClN7O2. The number of hydrogen-bond donors (Lipinski definition) is 1. The largest absolute Gasteiger partial charge is 0.494 e. The summed E-state index contributed by atoms with van der Waals surface area (Å²) < 4.78 is 7.58. The molecule has 1 aliphatic heterocycles. The molecule has 0 aliphatic carbocycles. The lowest BCUT2D eigenvalue weighted by atomic mass is 10.0. The number of aromatic amines is 1. The predicted molar refractivity (Wildman–Crippen MR) is 166 cm³/mol. The van der Waals surface area contributed by atoms with E-state index in [-0.39, 0.29) is 5.56 Å². The number of H-pyrrole nitrogens is 1. The number of aromatic nitrogens is 5. The molecule has 0 spiro atoms. The van der Waals surface area contributed by atoms with Crippen LogP contribution in [0, 0.1) is 6.92 Å². The fourth-order valence-corrected chi connectivity index (χ4v) is 5.92. The van der Waals surface area contributed by atoms with Crippen molar-refractivity contribution in [3.63, 3.8) is 0 Å². The Balaban J connectivity index is 1.36. The molecule has 1 saturated heterocycles. The second-order valence-corrected chi connectivity index (χ2v) is 11.0. The summed E-state index contributed by atoms with van der Waals surface area (Å²) in [6.07, 6.45) is 0.777. The zero-order valence-corrected chi connectivity index (χ0v) is 24.6. The van der Waals surface area contributed by atoms with E-state index < -0.39 is 6.04 Å². The predicted octanol–water partition coefficient (Wildman–Crippen LogP) is 5.03. The molecule has 42 heavy (non-hydrogen) atoms. The molecule has 5 aromatic rings. The third-order valence-corrected chi connectivity index (χ3v) is 8.14. The molecule has 6 rings (SSSR count). The number of nitrogens with zero attached hydrogens (tertiary/aromatic N) is 6. The quantitative estimate of drug-likeness (QED) is 0.260. The molecule has 1 aliphatic rings. The maximum atomic E-state index is 13.7. The van der Waals surface area contributed by atoms with Gasteiger partial charge in [-0.2, -0.15) is 0 Å². The molecule has 0 amide bonds. The number of piperazine rings is 1. The first-order valence-electron chi connectivity index (χ1n) is 14.3. The summed E-state index contributed by atoms with van der Waals surface area (Å²) in [6.45, 7) is 8.23. The van der Waals surface area contributed by atoms with Crippen LogP contribution in [0.25, 0.3) is 10.9 Å². The van der Waals surface area contributed by atoms with E-state index in [0.717, 1.165) is 60.0 Å². The maximum absolute atomic E-state index is 13.7. The summed E-state index contributed by atoms with van der Waals surface area (Å²) in [5.41, 5.74) is 4.74. The highest BCUT2D eigenvalue weighted by atomic mass is 35.5. The summed E-state index contributed by atoms with van der Waals surface area (Å²) in [7, 11) is 0. The van der Waals surface area contributed by atoms with Crippen LogP contribution in [0.3, 0.4) is 0 Å². The van der Waals surface area contributed by atoms with Crippen LogP contribution in [-0.2, 0) is 13.0 Å². The highest BCUT2D eigenvalue weighted by molar-refractivity contribution is 6.30. The van der Waals surface area contributed by atoms with Crippen LogP contribution in [-0.4, -0.2) is 62.9 Å². The summed E-state index contributed by atoms with van der Waals surface area (Å²) in [6, 6.07) is 23.5. The lowest BCUT2D eigenvalue weighted by Crippen LogP contribution is -2.49. The van der Waals surface area contributed by atoms with Crippen LogP contribution in [0.2, 0.25) is 5.02 Å². The molecule has 216 valence electrons. The van der Waals surface area contributed by atoms with Gasteiger partial charge < -0.3 is 14.6 Å². The summed E-state index contributed by atoms with van der Waals surface area (Å²) in [5, 5.41) is 14.6. The number of anilines is 1. The van der Waals surface area contributed by atoms with E-state index in [1.165, 1.54) is 11.1 Å². The molecule has 0 saturated carbocycles. The molecule has 1 atom stereocenters. The number of halogens is 1. The molecule has 3 aromatic carbocycles. The third-order valence-electron chi connectivity index (χ3n) is 7.90. The molecule has 9 nitrogen and oxygen atoms in total. The highest BCUT2D eigenvalue weighted by Gasteiger charge is 2.33. The number of pyridine rings is 1. The molecule has 10 heteroatoms. The van der Waals surface area contributed by atoms with E-state index >= 15 is 0 Å². The molecule has 1 unspecified atom stereocenters. The van der Waals surface area contributed by atoms with Gasteiger partial charge in [0.05, 0.1) is 6.61 Å². The van der Waals surface area contributed by atoms with Crippen molar-refractivity contribution in [2.45, 2.75) is 32.9 Å². The van der Waals surface area contributed by atoms with Gasteiger partial charge in [-0.15, -0.1) is 5.10 Å². The topological polar surface area (TPSA) is 92.2 Å². The summed E-state index contributed by atoms with van der Waals surface area (Å²) in [4.78, 5) is 21.4. The maximum Gasteiger partial charge on any atom is 0.253 e. The van der Waals surface area contributed by atoms with Crippen molar-refractivity contribution in [3.05, 3.63) is 111 Å². The molecule has 1 fully saturated rings. The Morgan fingerprint density at radius 3 is 2.60 bits per heavy atom. The first-order chi connectivity index (χ1) is 20.5. The first-order valence-corrected chi connectivity index (χ1v) is 14.7. The summed E-state index contributed by atoms with van der Waals surface area (Å²) in [5.74, 6) is 1.42. The lowest BCUT2D eigenvalue weighted by Gasteiger charge is -2.40. The van der Waals surface area contributed by atoms with Crippen LogP contribution in [0.4, 0.5) is 5.69 Å². The molecule has 0 bridgehead atoms. The van der Waals surface area contributed by atoms with Crippen LogP contribution in [0.1, 0.15) is 35.5 Å². The Hall–Kier alpha value is -4.21. The van der Waals surface area contributed by atoms with Gasteiger partial charge in [0.15, 0.2) is 5.82 Å². The zero-order valence-electron chi connectivity index (χ0n) is 23.8. The average Bonchev–Trinajstić information content (AvgIpc) is 3.47. The van der Waals surface area contributed by atoms with E-state index in [0.29, 0.717) is 24.5 Å². The van der Waals surface area contributed by atoms with Crippen LogP contribution >= 0.6 is 11.6 Å². The molecule has 1 N–H and O–H groups in total. The van der Waals surface area contributed by atoms with Crippen molar-refractivity contribution in [1.82, 2.24) is 30.1 Å². The number of aryl methyl sites for hydroxylation is 3. The van der Waals surface area contributed by atoms with Gasteiger partial charge in [-0.25, -0.2) is 4.68 Å². The minimum atomic E-state index is -0.428. The number of hydrogen-bond acceptors (Lipinski definition) is 7. The van der Waals surface area contributed by atoms with Crippen LogP contribution in [0.5, 0.6) is 5.75 Å². The van der Waals surface area contributed by atoms with Gasteiger partial charge in [0.2, 0.25) is 0 Å². The second kappa shape index (κ2) is 12.3. The minimum Gasteiger partial charge on any atom is -0.494 e. The molecule has 2 aromatic heterocycles. The van der Waals surface area contributed by atoms with Gasteiger partial charge in [0, 0.05) is 59.9 Å². The van der Waals surface area contributed by atoms with Gasteiger partial charge in [-0.3, -0.25) is 9.69 Å². The average molecular weight is 584 g/mol. The van der Waals surface area contributed by atoms with Crippen molar-refractivity contribution in [2.24, 2.45) is 0 Å². The molecule has 3 heterocycles. The number of nitrogens with one attached hydrogen (secondary N) is 1. The zero-order chi connectivity index (χ0) is 29.1.